The molecule has 1 heterocycles. The molecular weight excluding hydrogens is 196 g/mol. The first kappa shape index (κ1) is 11.5. The van der Waals surface area contributed by atoms with E-state index in [1.165, 1.54) is 0 Å². The van der Waals surface area contributed by atoms with Crippen LogP contribution in [0.15, 0.2) is 6.33 Å². The van der Waals surface area contributed by atoms with Crippen molar-refractivity contribution in [3.63, 3.8) is 0 Å². The van der Waals surface area contributed by atoms with Crippen molar-refractivity contribution in [1.82, 2.24) is 14.8 Å². The highest BCUT2D eigenvalue weighted by atomic mass is 32.2. The van der Waals surface area contributed by atoms with Gasteiger partial charge in [-0.15, -0.1) is 0 Å². The molecule has 1 unspecified atom stereocenters. The van der Waals surface area contributed by atoms with Crippen molar-refractivity contribution in [2.75, 3.05) is 12.3 Å². The molecule has 0 saturated carbocycles. The van der Waals surface area contributed by atoms with Crippen LogP contribution in [0.1, 0.15) is 19.7 Å². The van der Waals surface area contributed by atoms with Crippen molar-refractivity contribution in [3.05, 3.63) is 12.2 Å². The molecule has 0 saturated heterocycles. The standard InChI is InChI=1S/C9H18N4S/c1-3-13-9(11-7-12-13)6-14-5-8(2)4-10/h7-8H,3-6,10H2,1-2H3. The quantitative estimate of drug-likeness (QED) is 0.771. The summed E-state index contributed by atoms with van der Waals surface area (Å²) >= 11 is 1.87. The molecule has 0 aliphatic rings. The third-order valence-corrected chi connectivity index (χ3v) is 3.30. The number of nitrogens with zero attached hydrogens (tertiary/aromatic N) is 3. The Morgan fingerprint density at radius 3 is 3.07 bits per heavy atom. The van der Waals surface area contributed by atoms with Gasteiger partial charge in [0.05, 0.1) is 5.75 Å². The Morgan fingerprint density at radius 1 is 1.64 bits per heavy atom. The van der Waals surface area contributed by atoms with Gasteiger partial charge in [-0.3, -0.25) is 0 Å². The van der Waals surface area contributed by atoms with Gasteiger partial charge < -0.3 is 5.73 Å². The van der Waals surface area contributed by atoms with Gasteiger partial charge in [-0.2, -0.15) is 16.9 Å². The second-order valence-electron chi connectivity index (χ2n) is 3.35. The predicted octanol–water partition coefficient (Wildman–Crippen LogP) is 1.13. The minimum Gasteiger partial charge on any atom is -0.330 e. The Balaban J connectivity index is 2.31. The average molecular weight is 214 g/mol. The fourth-order valence-electron chi connectivity index (χ4n) is 1.08. The molecule has 1 atom stereocenters. The van der Waals surface area contributed by atoms with E-state index < -0.39 is 0 Å². The summed E-state index contributed by atoms with van der Waals surface area (Å²) < 4.78 is 1.93. The Morgan fingerprint density at radius 2 is 2.43 bits per heavy atom. The molecule has 1 rings (SSSR count). The first-order valence-electron chi connectivity index (χ1n) is 4.92. The lowest BCUT2D eigenvalue weighted by Crippen LogP contribution is -2.13. The van der Waals surface area contributed by atoms with Gasteiger partial charge in [0.15, 0.2) is 0 Å². The lowest BCUT2D eigenvalue weighted by molar-refractivity contribution is 0.631. The average Bonchev–Trinajstić information content (AvgIpc) is 2.65. The van der Waals surface area contributed by atoms with Crippen LogP contribution >= 0.6 is 11.8 Å². The molecule has 0 spiro atoms. The van der Waals surface area contributed by atoms with Gasteiger partial charge in [0.1, 0.15) is 12.2 Å². The summed E-state index contributed by atoms with van der Waals surface area (Å²) in [7, 11) is 0. The van der Waals surface area contributed by atoms with Crippen molar-refractivity contribution in [2.45, 2.75) is 26.1 Å². The van der Waals surface area contributed by atoms with E-state index in [1.807, 2.05) is 16.4 Å². The highest BCUT2D eigenvalue weighted by Crippen LogP contribution is 2.12. The molecule has 14 heavy (non-hydrogen) atoms. The fraction of sp³-hybridized carbons (Fsp3) is 0.778. The first-order valence-corrected chi connectivity index (χ1v) is 6.07. The Labute approximate surface area is 89.3 Å². The number of hydrogen-bond acceptors (Lipinski definition) is 4. The molecule has 0 amide bonds. The summed E-state index contributed by atoms with van der Waals surface area (Å²) in [5, 5.41) is 4.12. The topological polar surface area (TPSA) is 56.7 Å². The SMILES string of the molecule is CCn1ncnc1CSCC(C)CN. The van der Waals surface area contributed by atoms with E-state index in [-0.39, 0.29) is 0 Å². The zero-order valence-electron chi connectivity index (χ0n) is 8.81. The molecule has 0 aliphatic carbocycles. The van der Waals surface area contributed by atoms with Crippen molar-refractivity contribution in [2.24, 2.45) is 11.7 Å². The van der Waals surface area contributed by atoms with Crippen molar-refractivity contribution < 1.29 is 0 Å². The van der Waals surface area contributed by atoms with Crippen LogP contribution in [0.4, 0.5) is 0 Å². The van der Waals surface area contributed by atoms with Crippen LogP contribution in [0.5, 0.6) is 0 Å². The molecule has 4 nitrogen and oxygen atoms in total. The van der Waals surface area contributed by atoms with Gasteiger partial charge in [0.2, 0.25) is 0 Å². The van der Waals surface area contributed by atoms with Gasteiger partial charge >= 0.3 is 0 Å². The number of aromatic nitrogens is 3. The van der Waals surface area contributed by atoms with E-state index in [4.69, 9.17) is 5.73 Å². The molecule has 0 bridgehead atoms. The minimum atomic E-state index is 0.581. The largest absolute Gasteiger partial charge is 0.330 e. The van der Waals surface area contributed by atoms with Crippen LogP contribution < -0.4 is 5.73 Å². The molecule has 0 radical (unpaired) electrons. The van der Waals surface area contributed by atoms with Gasteiger partial charge in [0, 0.05) is 6.54 Å². The Bertz CT molecular complexity index is 261. The van der Waals surface area contributed by atoms with E-state index in [0.717, 1.165) is 30.4 Å². The summed E-state index contributed by atoms with van der Waals surface area (Å²) in [4.78, 5) is 4.21. The fourth-order valence-corrected chi connectivity index (χ4v) is 2.15. The number of hydrogen-bond donors (Lipinski definition) is 1. The summed E-state index contributed by atoms with van der Waals surface area (Å²) in [6, 6.07) is 0. The van der Waals surface area contributed by atoms with E-state index in [9.17, 15) is 0 Å². The zero-order chi connectivity index (χ0) is 10.4. The van der Waals surface area contributed by atoms with E-state index in [1.54, 1.807) is 6.33 Å². The Hall–Kier alpha value is -0.550. The minimum absolute atomic E-state index is 0.581. The number of aryl methyl sites for hydroxylation is 1. The molecule has 5 heteroatoms. The van der Waals surface area contributed by atoms with Gasteiger partial charge in [-0.1, -0.05) is 6.92 Å². The second-order valence-corrected chi connectivity index (χ2v) is 4.38. The van der Waals surface area contributed by atoms with Crippen LogP contribution in [0, 0.1) is 5.92 Å². The summed E-state index contributed by atoms with van der Waals surface area (Å²) in [6.07, 6.45) is 1.62. The third kappa shape index (κ3) is 3.31. The maximum Gasteiger partial charge on any atom is 0.138 e. The number of thioether (sulfide) groups is 1. The van der Waals surface area contributed by atoms with Crippen molar-refractivity contribution >= 4 is 11.8 Å². The summed E-state index contributed by atoms with van der Waals surface area (Å²) in [6.45, 7) is 5.89. The first-order chi connectivity index (χ1) is 6.77. The third-order valence-electron chi connectivity index (χ3n) is 2.03. The smallest absolute Gasteiger partial charge is 0.138 e. The van der Waals surface area contributed by atoms with E-state index in [2.05, 4.69) is 23.9 Å². The molecule has 1 aromatic heterocycles. The van der Waals surface area contributed by atoms with E-state index >= 15 is 0 Å². The highest BCUT2D eigenvalue weighted by Gasteiger charge is 2.04. The molecule has 0 fully saturated rings. The monoisotopic (exact) mass is 214 g/mol. The van der Waals surface area contributed by atoms with Crippen LogP contribution in [-0.4, -0.2) is 27.1 Å². The van der Waals surface area contributed by atoms with Gasteiger partial charge in [-0.05, 0) is 25.1 Å². The van der Waals surface area contributed by atoms with Gasteiger partial charge in [0.25, 0.3) is 0 Å². The Kier molecular flexibility index (Phi) is 4.97. The van der Waals surface area contributed by atoms with E-state index in [0.29, 0.717) is 5.92 Å². The maximum atomic E-state index is 5.54. The van der Waals surface area contributed by atoms with Crippen LogP contribution in [0.3, 0.4) is 0 Å². The lowest BCUT2D eigenvalue weighted by atomic mass is 10.2. The molecule has 2 N–H and O–H groups in total. The van der Waals surface area contributed by atoms with Crippen molar-refractivity contribution in [3.8, 4) is 0 Å². The van der Waals surface area contributed by atoms with Crippen LogP contribution in [-0.2, 0) is 12.3 Å². The second kappa shape index (κ2) is 6.03. The summed E-state index contributed by atoms with van der Waals surface area (Å²) in [5.74, 6) is 3.66. The lowest BCUT2D eigenvalue weighted by Gasteiger charge is -2.07. The molecule has 80 valence electrons. The predicted molar refractivity (Wildman–Crippen MR) is 60.1 cm³/mol. The summed E-state index contributed by atoms with van der Waals surface area (Å²) in [5.41, 5.74) is 5.54. The molecule has 0 aromatic carbocycles. The number of rotatable bonds is 6. The molecule has 0 aliphatic heterocycles. The maximum absolute atomic E-state index is 5.54. The van der Waals surface area contributed by atoms with Crippen LogP contribution in [0.2, 0.25) is 0 Å². The normalized spacial score (nSPS) is 13.1. The van der Waals surface area contributed by atoms with Crippen LogP contribution in [0.25, 0.3) is 0 Å². The highest BCUT2D eigenvalue weighted by molar-refractivity contribution is 7.98. The zero-order valence-corrected chi connectivity index (χ0v) is 9.63. The van der Waals surface area contributed by atoms with Crippen molar-refractivity contribution in [1.29, 1.82) is 0 Å². The van der Waals surface area contributed by atoms with Gasteiger partial charge in [-0.25, -0.2) is 9.67 Å². The molecule has 1 aromatic rings. The number of nitrogens with two attached hydrogens (primary N) is 1. The molecular formula is C9H18N4S.